The summed E-state index contributed by atoms with van der Waals surface area (Å²) in [6.07, 6.45) is 1.10. The molecule has 0 unspecified atom stereocenters. The van der Waals surface area contributed by atoms with Gasteiger partial charge in [-0.15, -0.1) is 0 Å². The summed E-state index contributed by atoms with van der Waals surface area (Å²) in [4.78, 5) is 11.4. The summed E-state index contributed by atoms with van der Waals surface area (Å²) in [5, 5.41) is 0. The number of ether oxygens (including phenoxy) is 1. The number of esters is 1. The van der Waals surface area contributed by atoms with Crippen LogP contribution in [0.4, 0.5) is 8.78 Å². The van der Waals surface area contributed by atoms with E-state index in [1.54, 1.807) is 34.6 Å². The van der Waals surface area contributed by atoms with Crippen LogP contribution >= 0.6 is 0 Å². The van der Waals surface area contributed by atoms with E-state index in [0.717, 1.165) is 12.1 Å². The summed E-state index contributed by atoms with van der Waals surface area (Å²) in [6.45, 7) is 9.07. The highest BCUT2D eigenvalue weighted by Crippen LogP contribution is 2.39. The van der Waals surface area contributed by atoms with Gasteiger partial charge in [-0.25, -0.2) is 13.6 Å². The van der Waals surface area contributed by atoms with E-state index >= 15 is 0 Å². The van der Waals surface area contributed by atoms with Crippen molar-refractivity contribution in [1.82, 2.24) is 0 Å². The Morgan fingerprint density at radius 3 is 2.46 bits per heavy atom. The molecule has 2 rings (SSSR count). The van der Waals surface area contributed by atoms with Gasteiger partial charge in [0.2, 0.25) is 0 Å². The van der Waals surface area contributed by atoms with Crippen LogP contribution in [0, 0.1) is 17.7 Å². The summed E-state index contributed by atoms with van der Waals surface area (Å²) >= 11 is 0. The minimum absolute atomic E-state index is 0.175. The van der Waals surface area contributed by atoms with Crippen molar-refractivity contribution in [2.24, 2.45) is 0 Å². The van der Waals surface area contributed by atoms with E-state index in [0.29, 0.717) is 0 Å². The summed E-state index contributed by atoms with van der Waals surface area (Å²) < 4.78 is 44.2. The zero-order valence-electron chi connectivity index (χ0n) is 15.5. The molecule has 0 bridgehead atoms. The average molecular weight is 362 g/mol. The molecule has 1 aromatic carbocycles. The summed E-state index contributed by atoms with van der Waals surface area (Å²) in [7, 11) is -1.20. The van der Waals surface area contributed by atoms with Crippen molar-refractivity contribution in [3.8, 4) is 11.8 Å². The van der Waals surface area contributed by atoms with E-state index in [1.807, 2.05) is 0 Å². The third kappa shape index (κ3) is 4.51. The summed E-state index contributed by atoms with van der Waals surface area (Å²) in [6, 6.07) is 3.67. The van der Waals surface area contributed by atoms with Crippen LogP contribution < -0.4 is 0 Å². The van der Waals surface area contributed by atoms with Crippen LogP contribution in [0.5, 0.6) is 0 Å². The third-order valence-corrected chi connectivity index (χ3v) is 4.36. The Hall–Kier alpha value is -2.17. The lowest BCUT2D eigenvalue weighted by Crippen LogP contribution is -2.41. The van der Waals surface area contributed by atoms with Gasteiger partial charge in [0.1, 0.15) is 11.5 Å². The molecular weight excluding hydrogens is 341 g/mol. The number of benzene rings is 1. The van der Waals surface area contributed by atoms with Gasteiger partial charge in [-0.1, -0.05) is 5.92 Å². The van der Waals surface area contributed by atoms with Gasteiger partial charge in [0.15, 0.2) is 0 Å². The molecule has 26 heavy (non-hydrogen) atoms. The third-order valence-electron chi connectivity index (χ3n) is 4.36. The Morgan fingerprint density at radius 2 is 1.88 bits per heavy atom. The maximum absolute atomic E-state index is 14.7. The predicted octanol–water partition coefficient (Wildman–Crippen LogP) is 3.68. The Labute approximate surface area is 152 Å². The smallest absolute Gasteiger partial charge is 0.456 e. The van der Waals surface area contributed by atoms with Crippen molar-refractivity contribution in [3.05, 3.63) is 40.9 Å². The molecule has 0 saturated carbocycles. The lowest BCUT2D eigenvalue weighted by molar-refractivity contribution is -0.136. The van der Waals surface area contributed by atoms with Crippen molar-refractivity contribution < 1.29 is 27.6 Å². The lowest BCUT2D eigenvalue weighted by atomic mass is 9.86. The summed E-state index contributed by atoms with van der Waals surface area (Å²) in [5.74, 6) is 3.58. The van der Waals surface area contributed by atoms with E-state index in [-0.39, 0.29) is 17.7 Å². The number of rotatable bonds is 3. The molecule has 1 aromatic rings. The van der Waals surface area contributed by atoms with Crippen molar-refractivity contribution in [2.45, 2.75) is 45.8 Å². The molecule has 0 N–H and O–H groups in total. The van der Waals surface area contributed by atoms with Crippen LogP contribution in [0.1, 0.15) is 45.7 Å². The molecule has 1 heterocycles. The molecule has 1 aliphatic rings. The zero-order chi connectivity index (χ0) is 19.5. The largest absolute Gasteiger partial charge is 0.525 e. The highest BCUT2D eigenvalue weighted by Gasteiger charge is 2.53. The molecule has 7 heteroatoms. The predicted molar refractivity (Wildman–Crippen MR) is 95.1 cm³/mol. The molecule has 4 nitrogen and oxygen atoms in total. The van der Waals surface area contributed by atoms with Gasteiger partial charge in [0.25, 0.3) is 0 Å². The Kier molecular flexibility index (Phi) is 5.89. The van der Waals surface area contributed by atoms with Crippen LogP contribution in [0.2, 0.25) is 0 Å². The second-order valence-corrected chi connectivity index (χ2v) is 6.82. The second-order valence-electron chi connectivity index (χ2n) is 6.82. The van der Waals surface area contributed by atoms with E-state index < -0.39 is 35.8 Å². The first-order valence-electron chi connectivity index (χ1n) is 8.27. The molecule has 0 atom stereocenters. The van der Waals surface area contributed by atoms with Crippen molar-refractivity contribution in [3.63, 3.8) is 0 Å². The maximum atomic E-state index is 14.7. The molecule has 0 aliphatic carbocycles. The minimum atomic E-state index is -1.20. The van der Waals surface area contributed by atoms with Crippen LogP contribution in [0.3, 0.4) is 0 Å². The molecule has 0 radical (unpaired) electrons. The topological polar surface area (TPSA) is 44.8 Å². The Morgan fingerprint density at radius 1 is 1.27 bits per heavy atom. The average Bonchev–Trinajstić information content (AvgIpc) is 2.75. The molecule has 0 amide bonds. The van der Waals surface area contributed by atoms with Crippen molar-refractivity contribution >= 4 is 19.2 Å². The molecule has 1 fully saturated rings. The molecule has 1 saturated heterocycles. The van der Waals surface area contributed by atoms with Gasteiger partial charge < -0.3 is 14.0 Å². The second kappa shape index (κ2) is 7.61. The van der Waals surface area contributed by atoms with Gasteiger partial charge in [0.05, 0.1) is 17.8 Å². The van der Waals surface area contributed by atoms with Gasteiger partial charge in [-0.3, -0.25) is 0 Å². The van der Waals surface area contributed by atoms with E-state index in [9.17, 15) is 13.6 Å². The van der Waals surface area contributed by atoms with Gasteiger partial charge in [-0.2, -0.15) is 0 Å². The first kappa shape index (κ1) is 20.2. The first-order valence-corrected chi connectivity index (χ1v) is 8.27. The van der Waals surface area contributed by atoms with Gasteiger partial charge >= 0.3 is 13.1 Å². The van der Waals surface area contributed by atoms with Gasteiger partial charge in [-0.05, 0) is 64.5 Å². The van der Waals surface area contributed by atoms with E-state index in [1.165, 1.54) is 12.1 Å². The van der Waals surface area contributed by atoms with E-state index in [4.69, 9.17) is 14.0 Å². The molecule has 0 spiro atoms. The highest BCUT2D eigenvalue weighted by molar-refractivity contribution is 6.54. The molecule has 138 valence electrons. The van der Waals surface area contributed by atoms with Gasteiger partial charge in [0, 0.05) is 11.5 Å². The standard InChI is InChI=1S/C19H21BF2O4/c1-6-24-17(23)10-8-13-7-9-15(21)11-14(13)12-16(22)20-25-18(2,3)19(4,5)26-20/h7,9,11-12H,6H2,1-5H3. The number of carbonyl (C=O) groups is 1. The summed E-state index contributed by atoms with van der Waals surface area (Å²) in [5.41, 5.74) is -1.65. The minimum Gasteiger partial charge on any atom is -0.456 e. The van der Waals surface area contributed by atoms with Crippen molar-refractivity contribution in [1.29, 1.82) is 0 Å². The number of hydrogen-bond donors (Lipinski definition) is 0. The van der Waals surface area contributed by atoms with Crippen LogP contribution in [-0.2, 0) is 18.8 Å². The first-order chi connectivity index (χ1) is 12.1. The van der Waals surface area contributed by atoms with E-state index in [2.05, 4.69) is 11.8 Å². The number of hydrogen-bond acceptors (Lipinski definition) is 4. The Balaban J connectivity index is 2.32. The highest BCUT2D eigenvalue weighted by atomic mass is 19.1. The monoisotopic (exact) mass is 362 g/mol. The fraction of sp³-hybridized carbons (Fsp3) is 0.421. The SMILES string of the molecule is CCOC(=O)C#Cc1ccc(F)cc1C=C(F)B1OC(C)(C)C(C)(C)O1. The lowest BCUT2D eigenvalue weighted by Gasteiger charge is -2.32. The number of halogens is 2. The fourth-order valence-electron chi connectivity index (χ4n) is 2.22. The maximum Gasteiger partial charge on any atom is 0.525 e. The molecular formula is C19H21BF2O4. The Bertz CT molecular complexity index is 774. The van der Waals surface area contributed by atoms with Crippen LogP contribution in [0.15, 0.2) is 23.9 Å². The molecule has 0 aromatic heterocycles. The van der Waals surface area contributed by atoms with Crippen molar-refractivity contribution in [2.75, 3.05) is 6.61 Å². The number of carbonyl (C=O) groups excluding carboxylic acids is 1. The normalized spacial score (nSPS) is 18.3. The quantitative estimate of drug-likeness (QED) is 0.468. The fourth-order valence-corrected chi connectivity index (χ4v) is 2.22. The van der Waals surface area contributed by atoms with Crippen LogP contribution in [0.25, 0.3) is 6.08 Å². The molecule has 1 aliphatic heterocycles. The van der Waals surface area contributed by atoms with Crippen LogP contribution in [-0.4, -0.2) is 30.9 Å². The zero-order valence-corrected chi connectivity index (χ0v) is 15.5.